The Morgan fingerprint density at radius 2 is 0.676 bits per heavy atom. The van der Waals surface area contributed by atoms with E-state index in [9.17, 15) is 14.3 Å². The molecule has 0 aromatic rings. The molecule has 68 heavy (non-hydrogen) atoms. The van der Waals surface area contributed by atoms with Crippen molar-refractivity contribution in [2.45, 2.75) is 322 Å². The largest absolute Gasteiger partial charge is 0.472 e. The van der Waals surface area contributed by atoms with Gasteiger partial charge in [0.05, 0.1) is 34.4 Å². The van der Waals surface area contributed by atoms with Crippen LogP contribution in [0, 0.1) is 0 Å². The molecule has 0 amide bonds. The maximum Gasteiger partial charge on any atom is 0.472 e. The van der Waals surface area contributed by atoms with E-state index in [4.69, 9.17) is 18.5 Å². The fraction of sp³-hybridized carbons (Fsp3) is 0.983. The molecule has 0 heterocycles. The van der Waals surface area contributed by atoms with E-state index >= 15 is 0 Å². The smallest absolute Gasteiger partial charge is 0.457 e. The van der Waals surface area contributed by atoms with Crippen molar-refractivity contribution < 1.29 is 37.3 Å². The Bertz CT molecular complexity index is 1050. The third-order valence-corrected chi connectivity index (χ3v) is 14.9. The molecular weight excluding hydrogens is 866 g/mol. The van der Waals surface area contributed by atoms with Gasteiger partial charge in [0.1, 0.15) is 19.3 Å². The lowest BCUT2D eigenvalue weighted by Gasteiger charge is -2.24. The SMILES string of the molecule is CCCCCCCCCCCCCCCCCCCCCCCCCOCC(COP(=O)(O)OCC[N+](C)(C)C)OC(=O)CCCCCCCCCCCCCCCCCCCCCCCCC. The van der Waals surface area contributed by atoms with Crippen LogP contribution in [-0.2, 0) is 27.9 Å². The number of carbonyl (C=O) groups is 1. The number of phosphoric ester groups is 1. The van der Waals surface area contributed by atoms with Crippen molar-refractivity contribution in [1.29, 1.82) is 0 Å². The highest BCUT2D eigenvalue weighted by Gasteiger charge is 2.26. The molecule has 2 unspecified atom stereocenters. The lowest BCUT2D eigenvalue weighted by molar-refractivity contribution is -0.870. The average Bonchev–Trinajstić information content (AvgIpc) is 3.30. The molecule has 0 rings (SSSR count). The molecule has 0 saturated carbocycles. The summed E-state index contributed by atoms with van der Waals surface area (Å²) in [4.78, 5) is 23.1. The zero-order chi connectivity index (χ0) is 49.8. The van der Waals surface area contributed by atoms with Crippen molar-refractivity contribution in [3.63, 3.8) is 0 Å². The highest BCUT2D eigenvalue weighted by molar-refractivity contribution is 7.47. The molecule has 0 bridgehead atoms. The number of esters is 1. The Balaban J connectivity index is 3.98. The molecule has 2 atom stereocenters. The Labute approximate surface area is 425 Å². The molecule has 0 aliphatic heterocycles. The van der Waals surface area contributed by atoms with Crippen LogP contribution in [0.5, 0.6) is 0 Å². The summed E-state index contributed by atoms with van der Waals surface area (Å²) < 4.78 is 35.3. The minimum Gasteiger partial charge on any atom is -0.457 e. The second kappa shape index (κ2) is 52.8. The molecule has 408 valence electrons. The number of unbranched alkanes of at least 4 members (excludes halogenated alkanes) is 44. The van der Waals surface area contributed by atoms with Gasteiger partial charge in [-0.25, -0.2) is 4.57 Å². The minimum atomic E-state index is -4.28. The van der Waals surface area contributed by atoms with Gasteiger partial charge in [-0.05, 0) is 12.8 Å². The highest BCUT2D eigenvalue weighted by Crippen LogP contribution is 2.43. The molecule has 0 aliphatic rings. The van der Waals surface area contributed by atoms with Crippen molar-refractivity contribution in [1.82, 2.24) is 0 Å². The van der Waals surface area contributed by atoms with Gasteiger partial charge in [-0.3, -0.25) is 13.8 Å². The zero-order valence-corrected chi connectivity index (χ0v) is 47.5. The number of ether oxygens (including phenoxy) is 2. The summed E-state index contributed by atoms with van der Waals surface area (Å²) in [6, 6.07) is 0. The second-order valence-corrected chi connectivity index (χ2v) is 23.6. The van der Waals surface area contributed by atoms with Crippen molar-refractivity contribution in [3.8, 4) is 0 Å². The maximum absolute atomic E-state index is 12.8. The number of hydrogen-bond acceptors (Lipinski definition) is 6. The zero-order valence-electron chi connectivity index (χ0n) is 46.6. The first-order valence-electron chi connectivity index (χ1n) is 30.3. The summed E-state index contributed by atoms with van der Waals surface area (Å²) in [5.41, 5.74) is 0. The first-order valence-corrected chi connectivity index (χ1v) is 31.8. The summed E-state index contributed by atoms with van der Waals surface area (Å²) in [5, 5.41) is 0. The molecule has 8 nitrogen and oxygen atoms in total. The van der Waals surface area contributed by atoms with E-state index in [1.807, 2.05) is 21.1 Å². The number of nitrogens with zero attached hydrogens (tertiary/aromatic N) is 1. The predicted molar refractivity (Wildman–Crippen MR) is 294 cm³/mol. The van der Waals surface area contributed by atoms with E-state index in [0.29, 0.717) is 24.1 Å². The predicted octanol–water partition coefficient (Wildman–Crippen LogP) is 19.1. The van der Waals surface area contributed by atoms with Crippen LogP contribution in [0.4, 0.5) is 0 Å². The van der Waals surface area contributed by atoms with Gasteiger partial charge >= 0.3 is 13.8 Å². The van der Waals surface area contributed by atoms with Crippen LogP contribution in [0.2, 0.25) is 0 Å². The summed E-state index contributed by atoms with van der Waals surface area (Å²) in [6.07, 6.45) is 61.8. The Morgan fingerprint density at radius 3 is 0.971 bits per heavy atom. The molecule has 0 spiro atoms. The summed E-state index contributed by atoms with van der Waals surface area (Å²) in [5.74, 6) is -0.302. The van der Waals surface area contributed by atoms with Crippen LogP contribution in [0.3, 0.4) is 0 Å². The van der Waals surface area contributed by atoms with E-state index < -0.39 is 13.9 Å². The van der Waals surface area contributed by atoms with Crippen LogP contribution in [0.25, 0.3) is 0 Å². The first kappa shape index (κ1) is 67.5. The van der Waals surface area contributed by atoms with E-state index in [2.05, 4.69) is 13.8 Å². The molecule has 0 saturated heterocycles. The molecule has 0 aromatic heterocycles. The molecule has 0 aromatic carbocycles. The molecule has 1 N–H and O–H groups in total. The normalized spacial score (nSPS) is 13.3. The fourth-order valence-corrected chi connectivity index (χ4v) is 10.0. The lowest BCUT2D eigenvalue weighted by atomic mass is 10.0. The standard InChI is InChI=1S/C59H120NO7P/c1-6-8-10-12-14-16-18-20-22-24-26-28-30-32-34-36-38-40-42-44-46-48-50-52-59(61)67-58(57-66-68(62,63)65-55-53-60(3,4)5)56-64-54-51-49-47-45-43-41-39-37-35-33-31-29-27-25-23-21-19-17-15-13-11-9-7-2/h58H,6-57H2,1-5H3/p+1. The quantitative estimate of drug-likeness (QED) is 0.0281. The Kier molecular flexibility index (Phi) is 52.4. The number of hydrogen-bond donors (Lipinski definition) is 1. The van der Waals surface area contributed by atoms with Crippen molar-refractivity contribution >= 4 is 13.8 Å². The van der Waals surface area contributed by atoms with E-state index in [0.717, 1.165) is 32.1 Å². The topological polar surface area (TPSA) is 91.3 Å². The molecule has 9 heteroatoms. The van der Waals surface area contributed by atoms with E-state index in [1.165, 1.54) is 263 Å². The van der Waals surface area contributed by atoms with Gasteiger partial charge in [-0.15, -0.1) is 0 Å². The number of carbonyl (C=O) groups excluding carboxylic acids is 1. The van der Waals surface area contributed by atoms with Crippen molar-refractivity contribution in [2.24, 2.45) is 0 Å². The summed E-state index contributed by atoms with van der Waals surface area (Å²) in [6.45, 7) is 5.73. The van der Waals surface area contributed by atoms with Crippen LogP contribution in [0.1, 0.15) is 316 Å². The van der Waals surface area contributed by atoms with Crippen LogP contribution >= 0.6 is 7.82 Å². The van der Waals surface area contributed by atoms with Gasteiger partial charge < -0.3 is 18.9 Å². The number of rotatable bonds is 58. The number of quaternary nitrogens is 1. The van der Waals surface area contributed by atoms with Crippen molar-refractivity contribution in [3.05, 3.63) is 0 Å². The molecular formula is C59H121NO7P+. The number of likely N-dealkylation sites (N-methyl/N-ethyl adjacent to an activating group) is 1. The van der Waals surface area contributed by atoms with Crippen molar-refractivity contribution in [2.75, 3.05) is 54.1 Å². The number of phosphoric acid groups is 1. The van der Waals surface area contributed by atoms with Gasteiger partial charge in [0, 0.05) is 13.0 Å². The third-order valence-electron chi connectivity index (χ3n) is 13.9. The summed E-state index contributed by atoms with van der Waals surface area (Å²) >= 11 is 0. The van der Waals surface area contributed by atoms with Gasteiger partial charge in [0.25, 0.3) is 0 Å². The van der Waals surface area contributed by atoms with Crippen LogP contribution in [-0.4, -0.2) is 75.6 Å². The molecule has 0 radical (unpaired) electrons. The first-order chi connectivity index (χ1) is 33.1. The van der Waals surface area contributed by atoms with Gasteiger partial charge in [-0.1, -0.05) is 296 Å². The second-order valence-electron chi connectivity index (χ2n) is 22.1. The van der Waals surface area contributed by atoms with Gasteiger partial charge in [-0.2, -0.15) is 0 Å². The van der Waals surface area contributed by atoms with E-state index in [-0.39, 0.29) is 25.8 Å². The monoisotopic (exact) mass is 987 g/mol. The Morgan fingerprint density at radius 1 is 0.397 bits per heavy atom. The Hall–Kier alpha value is -0.500. The third kappa shape index (κ3) is 56.4. The maximum atomic E-state index is 12.8. The van der Waals surface area contributed by atoms with Crippen LogP contribution < -0.4 is 0 Å². The average molecular weight is 988 g/mol. The summed E-state index contributed by atoms with van der Waals surface area (Å²) in [7, 11) is 1.70. The van der Waals surface area contributed by atoms with Gasteiger partial charge in [0.15, 0.2) is 0 Å². The van der Waals surface area contributed by atoms with Crippen LogP contribution in [0.15, 0.2) is 0 Å². The highest BCUT2D eigenvalue weighted by atomic mass is 31.2. The molecule has 0 fully saturated rings. The lowest BCUT2D eigenvalue weighted by Crippen LogP contribution is -2.37. The minimum absolute atomic E-state index is 0.0946. The van der Waals surface area contributed by atoms with Gasteiger partial charge in [0.2, 0.25) is 0 Å². The molecule has 0 aliphatic carbocycles. The fourth-order valence-electron chi connectivity index (χ4n) is 9.26. The van der Waals surface area contributed by atoms with E-state index in [1.54, 1.807) is 0 Å².